The van der Waals surface area contributed by atoms with Gasteiger partial charge in [-0.25, -0.2) is 4.79 Å². The lowest BCUT2D eigenvalue weighted by molar-refractivity contribution is 0.0702. The fourth-order valence-electron chi connectivity index (χ4n) is 1.78. The Balaban J connectivity index is 2.12. The van der Waals surface area contributed by atoms with Crippen LogP contribution in [0.3, 0.4) is 0 Å². The van der Waals surface area contributed by atoms with Gasteiger partial charge in [-0.3, -0.25) is 0 Å². The molecule has 3 nitrogen and oxygen atoms in total. The molecule has 2 rings (SSSR count). The van der Waals surface area contributed by atoms with Gasteiger partial charge in [-0.05, 0) is 36.9 Å². The minimum absolute atomic E-state index is 0.396. The molecule has 0 aliphatic rings. The molecular weight excluding hydrogens is 278 g/mol. The van der Waals surface area contributed by atoms with Gasteiger partial charge >= 0.3 is 5.97 Å². The van der Waals surface area contributed by atoms with Crippen LogP contribution < -0.4 is 5.32 Å². The second-order valence-electron chi connectivity index (χ2n) is 4.05. The Morgan fingerprint density at radius 1 is 1.42 bits per heavy atom. The number of hydrogen-bond donors (Lipinski definition) is 2. The molecule has 1 aromatic carbocycles. The third-order valence-electron chi connectivity index (χ3n) is 2.81. The van der Waals surface area contributed by atoms with Gasteiger partial charge < -0.3 is 10.4 Å². The molecule has 5 heteroatoms. The van der Waals surface area contributed by atoms with Crippen LogP contribution in [0.4, 0.5) is 5.69 Å². The van der Waals surface area contributed by atoms with Crippen molar-refractivity contribution < 1.29 is 9.90 Å². The third-order valence-corrected chi connectivity index (χ3v) is 4.68. The summed E-state index contributed by atoms with van der Waals surface area (Å²) in [4.78, 5) is 13.6. The molecule has 0 bridgehead atoms. The molecule has 1 aromatic heterocycles. The molecule has 0 spiro atoms. The van der Waals surface area contributed by atoms with E-state index in [2.05, 4.69) is 11.4 Å². The molecule has 1 heterocycles. The smallest absolute Gasteiger partial charge is 0.345 e. The summed E-state index contributed by atoms with van der Waals surface area (Å²) in [6.07, 6.45) is 2.04. The molecule has 100 valence electrons. The summed E-state index contributed by atoms with van der Waals surface area (Å²) in [5, 5.41) is 12.3. The Morgan fingerprint density at radius 3 is 2.79 bits per heavy atom. The van der Waals surface area contributed by atoms with Crippen molar-refractivity contribution in [1.29, 1.82) is 0 Å². The quantitative estimate of drug-likeness (QED) is 0.815. The van der Waals surface area contributed by atoms with Gasteiger partial charge in [-0.2, -0.15) is 0 Å². The molecule has 0 atom stereocenters. The number of benzene rings is 1. The number of thioether (sulfide) groups is 1. The zero-order valence-electron chi connectivity index (χ0n) is 10.8. The number of nitrogens with one attached hydrogen (secondary N) is 1. The summed E-state index contributed by atoms with van der Waals surface area (Å²) < 4.78 is 0. The lowest BCUT2D eigenvalue weighted by Gasteiger charge is -2.09. The molecule has 0 aliphatic carbocycles. The van der Waals surface area contributed by atoms with Gasteiger partial charge in [0.1, 0.15) is 4.88 Å². The lowest BCUT2D eigenvalue weighted by Crippen LogP contribution is -2.00. The van der Waals surface area contributed by atoms with Crippen LogP contribution in [-0.4, -0.2) is 17.3 Å². The molecule has 0 fully saturated rings. The molecule has 0 amide bonds. The van der Waals surface area contributed by atoms with Crippen molar-refractivity contribution in [1.82, 2.24) is 0 Å². The number of thiophene rings is 1. The Bertz CT molecular complexity index is 593. The molecule has 0 radical (unpaired) electrons. The van der Waals surface area contributed by atoms with E-state index in [1.54, 1.807) is 17.8 Å². The minimum atomic E-state index is -0.858. The average molecular weight is 293 g/mol. The van der Waals surface area contributed by atoms with E-state index >= 15 is 0 Å². The standard InChI is InChI=1S/C14H15NO2S2/c1-9-10(7-13(19-9)14(16)17)8-15-11-5-3-4-6-12(11)18-2/h3-7,15H,8H2,1-2H3,(H,16,17). The summed E-state index contributed by atoms with van der Waals surface area (Å²) in [7, 11) is 0. The molecule has 0 aliphatic heterocycles. The maximum Gasteiger partial charge on any atom is 0.345 e. The van der Waals surface area contributed by atoms with Crippen LogP contribution in [0.2, 0.25) is 0 Å². The van der Waals surface area contributed by atoms with Crippen molar-refractivity contribution in [2.45, 2.75) is 18.4 Å². The van der Waals surface area contributed by atoms with Crippen LogP contribution in [0, 0.1) is 6.92 Å². The van der Waals surface area contributed by atoms with E-state index in [1.165, 1.54) is 16.2 Å². The SMILES string of the molecule is CSc1ccccc1NCc1cc(C(=O)O)sc1C. The first-order valence-corrected chi connectivity index (χ1v) is 7.85. The number of anilines is 1. The van der Waals surface area contributed by atoms with Gasteiger partial charge in [0.2, 0.25) is 0 Å². The number of para-hydroxylation sites is 1. The second kappa shape index (κ2) is 6.12. The van der Waals surface area contributed by atoms with Crippen molar-refractivity contribution in [3.8, 4) is 0 Å². The van der Waals surface area contributed by atoms with Crippen LogP contribution in [0.1, 0.15) is 20.1 Å². The zero-order valence-corrected chi connectivity index (χ0v) is 12.4. The summed E-state index contributed by atoms with van der Waals surface area (Å²) in [6, 6.07) is 9.85. The molecule has 2 N–H and O–H groups in total. The van der Waals surface area contributed by atoms with Crippen LogP contribution in [0.25, 0.3) is 0 Å². The number of carboxylic acid groups (broad SMARTS) is 1. The minimum Gasteiger partial charge on any atom is -0.477 e. The highest BCUT2D eigenvalue weighted by atomic mass is 32.2. The van der Waals surface area contributed by atoms with Crippen LogP contribution in [0.5, 0.6) is 0 Å². The van der Waals surface area contributed by atoms with Crippen molar-refractivity contribution in [3.63, 3.8) is 0 Å². The molecule has 2 aromatic rings. The van der Waals surface area contributed by atoms with Gasteiger partial charge in [0.05, 0.1) is 0 Å². The fourth-order valence-corrected chi connectivity index (χ4v) is 3.24. The van der Waals surface area contributed by atoms with Crippen LogP contribution in [0.15, 0.2) is 35.2 Å². The van der Waals surface area contributed by atoms with Gasteiger partial charge in [0.25, 0.3) is 0 Å². The number of carboxylic acids is 1. The molecule has 0 unspecified atom stereocenters. The largest absolute Gasteiger partial charge is 0.477 e. The van der Waals surface area contributed by atoms with Gasteiger partial charge in [-0.1, -0.05) is 12.1 Å². The lowest BCUT2D eigenvalue weighted by atomic mass is 10.2. The van der Waals surface area contributed by atoms with E-state index in [1.807, 2.05) is 31.4 Å². The topological polar surface area (TPSA) is 49.3 Å². The average Bonchev–Trinajstić information content (AvgIpc) is 2.78. The Labute approximate surface area is 120 Å². The van der Waals surface area contributed by atoms with Crippen LogP contribution >= 0.6 is 23.1 Å². The first kappa shape index (κ1) is 14.0. The van der Waals surface area contributed by atoms with E-state index in [9.17, 15) is 4.79 Å². The number of aromatic carboxylic acids is 1. The first-order chi connectivity index (χ1) is 9.11. The number of rotatable bonds is 5. The van der Waals surface area contributed by atoms with E-state index in [0.717, 1.165) is 16.1 Å². The van der Waals surface area contributed by atoms with Gasteiger partial charge in [0, 0.05) is 22.0 Å². The number of hydrogen-bond acceptors (Lipinski definition) is 4. The van der Waals surface area contributed by atoms with E-state index < -0.39 is 5.97 Å². The normalized spacial score (nSPS) is 10.4. The number of carbonyl (C=O) groups is 1. The highest BCUT2D eigenvalue weighted by Crippen LogP contribution is 2.27. The summed E-state index contributed by atoms with van der Waals surface area (Å²) in [6.45, 7) is 2.60. The molecule has 0 saturated carbocycles. The van der Waals surface area contributed by atoms with Crippen molar-refractivity contribution in [2.75, 3.05) is 11.6 Å². The first-order valence-electron chi connectivity index (χ1n) is 5.81. The van der Waals surface area contributed by atoms with Crippen molar-refractivity contribution >= 4 is 34.8 Å². The van der Waals surface area contributed by atoms with Crippen LogP contribution in [-0.2, 0) is 6.54 Å². The predicted octanol–water partition coefficient (Wildman–Crippen LogP) is 4.09. The number of aryl methyl sites for hydroxylation is 1. The van der Waals surface area contributed by atoms with Gasteiger partial charge in [0.15, 0.2) is 0 Å². The second-order valence-corrected chi connectivity index (χ2v) is 6.16. The maximum absolute atomic E-state index is 10.9. The fraction of sp³-hybridized carbons (Fsp3) is 0.214. The Morgan fingerprint density at radius 2 is 2.16 bits per heavy atom. The third kappa shape index (κ3) is 3.30. The summed E-state index contributed by atoms with van der Waals surface area (Å²) in [5.41, 5.74) is 2.12. The highest BCUT2D eigenvalue weighted by molar-refractivity contribution is 7.98. The highest BCUT2D eigenvalue weighted by Gasteiger charge is 2.11. The summed E-state index contributed by atoms with van der Waals surface area (Å²) in [5.74, 6) is -0.858. The Kier molecular flexibility index (Phi) is 4.50. The predicted molar refractivity (Wildman–Crippen MR) is 81.6 cm³/mol. The van der Waals surface area contributed by atoms with E-state index in [4.69, 9.17) is 5.11 Å². The molecule has 0 saturated heterocycles. The van der Waals surface area contributed by atoms with E-state index in [0.29, 0.717) is 11.4 Å². The van der Waals surface area contributed by atoms with Gasteiger partial charge in [-0.15, -0.1) is 23.1 Å². The Hall–Kier alpha value is -1.46. The zero-order chi connectivity index (χ0) is 13.8. The van der Waals surface area contributed by atoms with Crippen molar-refractivity contribution in [3.05, 3.63) is 45.6 Å². The summed E-state index contributed by atoms with van der Waals surface area (Å²) >= 11 is 3.01. The monoisotopic (exact) mass is 293 g/mol. The molecule has 19 heavy (non-hydrogen) atoms. The molecular formula is C14H15NO2S2. The maximum atomic E-state index is 10.9. The van der Waals surface area contributed by atoms with Crippen molar-refractivity contribution in [2.24, 2.45) is 0 Å². The van der Waals surface area contributed by atoms with E-state index in [-0.39, 0.29) is 0 Å².